The van der Waals surface area contributed by atoms with E-state index in [2.05, 4.69) is 42.2 Å². The number of aliphatic hydroxyl groups excluding tert-OH is 1. The van der Waals surface area contributed by atoms with Crippen molar-refractivity contribution < 1.29 is 81.2 Å². The Bertz CT molecular complexity index is 2970. The highest BCUT2D eigenvalue weighted by atomic mass is 19.4. The van der Waals surface area contributed by atoms with Gasteiger partial charge >= 0.3 is 18.1 Å². The Balaban J connectivity index is 0.00000227. The number of nitrogens with two attached hydrogens (primary N) is 3. The predicted octanol–water partition coefficient (Wildman–Crippen LogP) is -0.409. The van der Waals surface area contributed by atoms with Crippen LogP contribution in [0.15, 0.2) is 77.8 Å². The number of alkyl halides is 3. The summed E-state index contributed by atoms with van der Waals surface area (Å²) in [7, 11) is 0. The zero-order valence-corrected chi connectivity index (χ0v) is 49.9. The van der Waals surface area contributed by atoms with E-state index >= 15 is 0 Å². The normalized spacial score (nSPS) is 16.9. The number of rotatable bonds is 31. The highest BCUT2D eigenvalue weighted by Crippen LogP contribution is 2.27. The maximum absolute atomic E-state index is 14.4. The molecule has 5 rings (SSSR count). The molecule has 30 heteroatoms. The lowest BCUT2D eigenvalue weighted by molar-refractivity contribution is -0.192. The number of likely N-dealkylation sites (tertiary alicyclic amines) is 2. The van der Waals surface area contributed by atoms with Crippen molar-refractivity contribution in [2.24, 2.45) is 28.1 Å². The van der Waals surface area contributed by atoms with Gasteiger partial charge in [-0.2, -0.15) is 13.2 Å². The molecule has 9 atom stereocenters. The van der Waals surface area contributed by atoms with Gasteiger partial charge in [0, 0.05) is 39.4 Å². The van der Waals surface area contributed by atoms with Crippen molar-refractivity contribution in [2.45, 2.75) is 152 Å². The van der Waals surface area contributed by atoms with Crippen molar-refractivity contribution in [1.29, 1.82) is 0 Å². The summed E-state index contributed by atoms with van der Waals surface area (Å²) in [5.41, 5.74) is 17.9. The molecule has 89 heavy (non-hydrogen) atoms. The summed E-state index contributed by atoms with van der Waals surface area (Å²) in [6.07, 6.45) is -1.64. The molecule has 2 heterocycles. The topological polar surface area (TPSA) is 430 Å². The van der Waals surface area contributed by atoms with Crippen molar-refractivity contribution in [3.63, 3.8) is 0 Å². The lowest BCUT2D eigenvalue weighted by Crippen LogP contribution is -2.60. The number of aliphatic carboxylic acids is 2. The Morgan fingerprint density at radius 1 is 0.663 bits per heavy atom. The van der Waals surface area contributed by atoms with Gasteiger partial charge in [-0.25, -0.2) is 9.59 Å². The molecule has 2 aliphatic heterocycles. The van der Waals surface area contributed by atoms with Gasteiger partial charge < -0.3 is 79.5 Å². The van der Waals surface area contributed by atoms with E-state index in [0.29, 0.717) is 49.8 Å². The Hall–Kier alpha value is -8.93. The van der Waals surface area contributed by atoms with Gasteiger partial charge in [0.05, 0.1) is 13.2 Å². The number of carboxylic acids is 2. The summed E-state index contributed by atoms with van der Waals surface area (Å²) in [4.78, 5) is 152. The van der Waals surface area contributed by atoms with Crippen molar-refractivity contribution in [2.75, 3.05) is 39.3 Å². The van der Waals surface area contributed by atoms with Gasteiger partial charge in [-0.15, -0.1) is 0 Å². The molecule has 0 unspecified atom stereocenters. The Kier molecular flexibility index (Phi) is 29.2. The van der Waals surface area contributed by atoms with Crippen LogP contribution in [-0.4, -0.2) is 190 Å². The minimum atomic E-state index is -5.08. The number of carbonyl (C=O) groups is 11. The molecule has 27 nitrogen and oxygen atoms in total. The second-order valence-electron chi connectivity index (χ2n) is 21.7. The van der Waals surface area contributed by atoms with Crippen molar-refractivity contribution in [1.82, 2.24) is 47.0 Å². The van der Waals surface area contributed by atoms with Gasteiger partial charge in [0.2, 0.25) is 53.2 Å². The van der Waals surface area contributed by atoms with E-state index in [-0.39, 0.29) is 70.5 Å². The maximum Gasteiger partial charge on any atom is 0.490 e. The summed E-state index contributed by atoms with van der Waals surface area (Å²) in [5.74, 6) is -10.9. The van der Waals surface area contributed by atoms with Crippen LogP contribution in [0.1, 0.15) is 96.1 Å². The van der Waals surface area contributed by atoms with E-state index in [0.717, 1.165) is 10.8 Å². The van der Waals surface area contributed by atoms with Gasteiger partial charge in [-0.05, 0) is 92.1 Å². The standard InChI is InChI=1S/C57H81N13O12.C2HF3O2/c1-4-34(2)48(56(81)82)68-51(76)43(31-37-23-24-38-17-8-9-18-39(38)29-37)66-52(77)44(33-71)67-50(75)42(30-36-15-6-5-7-16-36)64-47(73)32-62-53(78)45-21-13-27-69(45)55(80)46-22-14-28-70(46)54(79)41(20-12-26-61-57(59)60)65-49(74)40(63-35(3)72)19-10-11-25-58;3-2(4,5)1(6)7/h5-9,15-18,23-24,29,34,40-46,48,71H,4,10-14,19-22,25-28,30-33,58H2,1-3H3,(H,62,78)(H,63,72)(H,64,73)(H,65,74)(H,66,77)(H,67,75)(H,68,76)(H,81,82)(H4,59,60,61);(H,6,7)/t34-,40-,41-,42-,43+,44-,45-,46-,48-;/m0./s1. The first-order valence-corrected chi connectivity index (χ1v) is 29.3. The van der Waals surface area contributed by atoms with Gasteiger partial charge in [-0.1, -0.05) is 93.1 Å². The monoisotopic (exact) mass is 1250 g/mol. The van der Waals surface area contributed by atoms with Crippen LogP contribution in [0.25, 0.3) is 10.8 Å². The van der Waals surface area contributed by atoms with E-state index in [1.807, 2.05) is 36.4 Å². The van der Waals surface area contributed by atoms with Gasteiger partial charge in [-0.3, -0.25) is 48.1 Å². The second kappa shape index (κ2) is 35.8. The van der Waals surface area contributed by atoms with Crippen LogP contribution in [0.5, 0.6) is 0 Å². The Morgan fingerprint density at radius 2 is 1.21 bits per heavy atom. The molecule has 2 saturated heterocycles. The van der Waals surface area contributed by atoms with E-state index in [4.69, 9.17) is 27.1 Å². The number of aliphatic imine (C=N–C) groups is 1. The average Bonchev–Trinajstić information content (AvgIpc) is 2.07. The quantitative estimate of drug-likeness (QED) is 0.0221. The molecule has 0 bridgehead atoms. The fraction of sp³-hybridized carbons (Fsp3) is 0.525. The molecular weight excluding hydrogens is 1170 g/mol. The van der Waals surface area contributed by atoms with Gasteiger partial charge in [0.1, 0.15) is 48.3 Å². The van der Waals surface area contributed by atoms with Crippen LogP contribution in [0, 0.1) is 5.92 Å². The summed E-state index contributed by atoms with van der Waals surface area (Å²) < 4.78 is 31.7. The molecule has 2 fully saturated rings. The number of hydrogen-bond donors (Lipinski definition) is 13. The van der Waals surface area contributed by atoms with E-state index in [9.17, 15) is 71.3 Å². The first-order valence-electron chi connectivity index (χ1n) is 29.3. The van der Waals surface area contributed by atoms with Gasteiger partial charge in [0.15, 0.2) is 5.96 Å². The number of aliphatic hydroxyl groups is 1. The van der Waals surface area contributed by atoms with Crippen LogP contribution in [0.2, 0.25) is 0 Å². The molecule has 3 aromatic carbocycles. The average molecular weight is 1250 g/mol. The van der Waals surface area contributed by atoms with E-state index in [1.54, 1.807) is 50.2 Å². The maximum atomic E-state index is 14.4. The number of carboxylic acid groups (broad SMARTS) is 2. The number of hydrogen-bond acceptors (Lipinski definition) is 14. The van der Waals surface area contributed by atoms with Crippen molar-refractivity contribution in [3.8, 4) is 0 Å². The molecule has 0 radical (unpaired) electrons. The smallest absolute Gasteiger partial charge is 0.480 e. The third kappa shape index (κ3) is 23.3. The molecule has 0 aliphatic carbocycles. The Labute approximate surface area is 512 Å². The molecule has 3 aromatic rings. The number of nitrogens with one attached hydrogen (secondary N) is 7. The molecule has 0 saturated carbocycles. The third-order valence-corrected chi connectivity index (χ3v) is 14.9. The number of carbonyl (C=O) groups excluding carboxylic acids is 9. The summed E-state index contributed by atoms with van der Waals surface area (Å²) in [6, 6.07) is 11.8. The zero-order valence-electron chi connectivity index (χ0n) is 49.9. The molecule has 9 amide bonds. The first-order chi connectivity index (χ1) is 42.2. The summed E-state index contributed by atoms with van der Waals surface area (Å²) in [6.45, 7) is 4.04. The fourth-order valence-electron chi connectivity index (χ4n) is 10.1. The van der Waals surface area contributed by atoms with Crippen LogP contribution in [0.4, 0.5) is 13.2 Å². The highest BCUT2D eigenvalue weighted by molar-refractivity contribution is 5.98. The van der Waals surface area contributed by atoms with E-state index in [1.165, 1.54) is 16.7 Å². The van der Waals surface area contributed by atoms with Crippen LogP contribution < -0.4 is 54.4 Å². The van der Waals surface area contributed by atoms with Gasteiger partial charge in [0.25, 0.3) is 0 Å². The number of guanidine groups is 1. The number of benzene rings is 3. The van der Waals surface area contributed by atoms with Crippen molar-refractivity contribution in [3.05, 3.63) is 83.9 Å². The number of unbranched alkanes of at least 4 members (excludes halogenated alkanes) is 1. The van der Waals surface area contributed by atoms with Crippen LogP contribution in [0.3, 0.4) is 0 Å². The zero-order chi connectivity index (χ0) is 66.0. The number of halogens is 3. The molecule has 16 N–H and O–H groups in total. The number of amides is 9. The molecule has 0 aromatic heterocycles. The number of nitrogens with zero attached hydrogens (tertiary/aromatic N) is 3. The second-order valence-corrected chi connectivity index (χ2v) is 21.7. The fourth-order valence-corrected chi connectivity index (χ4v) is 10.1. The predicted molar refractivity (Wildman–Crippen MR) is 318 cm³/mol. The minimum Gasteiger partial charge on any atom is -0.480 e. The molecule has 2 aliphatic rings. The third-order valence-electron chi connectivity index (χ3n) is 14.9. The first kappa shape index (κ1) is 72.5. The summed E-state index contributed by atoms with van der Waals surface area (Å²) in [5, 5.41) is 47.6. The lowest BCUT2D eigenvalue weighted by Gasteiger charge is -2.33. The Morgan fingerprint density at radius 3 is 1.82 bits per heavy atom. The SMILES string of the molecule is CC[C@H](C)[C@H](NC(=O)[C@@H](Cc1ccc2ccccc2c1)NC(=O)[C@H](CO)NC(=O)[C@H](Cc1ccccc1)NC(=O)CNC(=O)[C@@H]1CCCN1C(=O)[C@@H]1CCCN1C(=O)[C@H](CCCN=C(N)N)NC(=O)[C@H](CCCCN)NC(C)=O)C(=O)O.O=C(O)C(F)(F)F. The summed E-state index contributed by atoms with van der Waals surface area (Å²) >= 11 is 0. The van der Waals surface area contributed by atoms with Crippen LogP contribution in [-0.2, 0) is 65.6 Å². The molecule has 488 valence electrons. The highest BCUT2D eigenvalue weighted by Gasteiger charge is 2.44. The molecular formula is C59H82F3N13O14. The molecule has 0 spiro atoms. The largest absolute Gasteiger partial charge is 0.490 e. The number of fused-ring (bicyclic) bond motifs is 1. The van der Waals surface area contributed by atoms with E-state index < -0.39 is 139 Å². The van der Waals surface area contributed by atoms with Crippen LogP contribution >= 0.6 is 0 Å². The van der Waals surface area contributed by atoms with Crippen molar-refractivity contribution >= 4 is 81.8 Å². The lowest BCUT2D eigenvalue weighted by atomic mass is 9.97. The minimum absolute atomic E-state index is 0.0870.